The van der Waals surface area contributed by atoms with E-state index in [1.54, 1.807) is 0 Å². The summed E-state index contributed by atoms with van der Waals surface area (Å²) >= 11 is 5.86. The van der Waals surface area contributed by atoms with Crippen LogP contribution in [-0.2, 0) is 4.74 Å². The molecular weight excluding hydrogens is 184 g/mol. The van der Waals surface area contributed by atoms with Crippen LogP contribution in [0.15, 0.2) is 0 Å². The van der Waals surface area contributed by atoms with Crippen molar-refractivity contribution in [2.45, 2.75) is 58.2 Å². The molecule has 0 spiro atoms. The van der Waals surface area contributed by atoms with Crippen LogP contribution in [0.25, 0.3) is 0 Å². The summed E-state index contributed by atoms with van der Waals surface area (Å²) in [5.74, 6) is 1.41. The van der Waals surface area contributed by atoms with Gasteiger partial charge in [0.15, 0.2) is 0 Å². The fourth-order valence-corrected chi connectivity index (χ4v) is 2.30. The third-order valence-electron chi connectivity index (χ3n) is 2.95. The van der Waals surface area contributed by atoms with Crippen LogP contribution in [0.2, 0.25) is 0 Å². The van der Waals surface area contributed by atoms with Crippen LogP contribution in [-0.4, -0.2) is 17.6 Å². The quantitative estimate of drug-likeness (QED) is 0.636. The van der Waals surface area contributed by atoms with Gasteiger partial charge in [-0.2, -0.15) is 0 Å². The van der Waals surface area contributed by atoms with Gasteiger partial charge in [0.05, 0.1) is 11.7 Å². The second-order valence-corrected chi connectivity index (χ2v) is 5.01. The van der Waals surface area contributed by atoms with Crippen molar-refractivity contribution in [1.29, 1.82) is 0 Å². The molecule has 0 radical (unpaired) electrons. The highest BCUT2D eigenvalue weighted by Crippen LogP contribution is 2.33. The van der Waals surface area contributed by atoms with Gasteiger partial charge >= 0.3 is 0 Å². The minimum Gasteiger partial charge on any atom is -0.372 e. The van der Waals surface area contributed by atoms with E-state index in [1.807, 2.05) is 0 Å². The molecule has 0 amide bonds. The Labute approximate surface area is 86.8 Å². The van der Waals surface area contributed by atoms with E-state index in [0.717, 1.165) is 12.3 Å². The van der Waals surface area contributed by atoms with Crippen molar-refractivity contribution in [2.75, 3.05) is 5.88 Å². The molecule has 0 saturated carbocycles. The smallest absolute Gasteiger partial charge is 0.0631 e. The summed E-state index contributed by atoms with van der Waals surface area (Å²) in [6, 6.07) is 0. The standard InChI is InChI=1S/C11H21ClO/c1-4-9(8-12)7-10-5-6-11(2,3)13-10/h9-10H,4-8H2,1-3H3. The molecule has 1 aliphatic rings. The SMILES string of the molecule is CCC(CCl)CC1CCC(C)(C)O1. The van der Waals surface area contributed by atoms with Gasteiger partial charge in [-0.3, -0.25) is 0 Å². The van der Waals surface area contributed by atoms with Crippen molar-refractivity contribution in [2.24, 2.45) is 5.92 Å². The van der Waals surface area contributed by atoms with Gasteiger partial charge < -0.3 is 4.74 Å². The second-order valence-electron chi connectivity index (χ2n) is 4.70. The first-order valence-electron chi connectivity index (χ1n) is 5.31. The molecule has 0 aromatic rings. The van der Waals surface area contributed by atoms with E-state index >= 15 is 0 Å². The number of ether oxygens (including phenoxy) is 1. The molecule has 1 fully saturated rings. The molecule has 1 aliphatic heterocycles. The van der Waals surface area contributed by atoms with Gasteiger partial charge in [0.25, 0.3) is 0 Å². The second kappa shape index (κ2) is 4.65. The molecule has 0 N–H and O–H groups in total. The summed E-state index contributed by atoms with van der Waals surface area (Å²) in [5, 5.41) is 0. The molecule has 13 heavy (non-hydrogen) atoms. The number of alkyl halides is 1. The fraction of sp³-hybridized carbons (Fsp3) is 1.00. The lowest BCUT2D eigenvalue weighted by Gasteiger charge is -2.21. The molecule has 0 aromatic heterocycles. The average Bonchev–Trinajstić information content (AvgIpc) is 2.41. The maximum absolute atomic E-state index is 5.92. The molecule has 1 heterocycles. The highest BCUT2D eigenvalue weighted by atomic mass is 35.5. The van der Waals surface area contributed by atoms with Gasteiger partial charge in [0.1, 0.15) is 0 Å². The Bertz CT molecular complexity index is 152. The fourth-order valence-electron chi connectivity index (χ4n) is 1.95. The first-order chi connectivity index (χ1) is 6.07. The Morgan fingerprint density at radius 3 is 2.62 bits per heavy atom. The zero-order chi connectivity index (χ0) is 9.90. The molecule has 0 bridgehead atoms. The largest absolute Gasteiger partial charge is 0.372 e. The molecule has 0 aromatic carbocycles. The van der Waals surface area contributed by atoms with Crippen molar-refractivity contribution >= 4 is 11.6 Å². The molecular formula is C11H21ClO. The van der Waals surface area contributed by atoms with Gasteiger partial charge in [-0.1, -0.05) is 13.3 Å². The Balaban J connectivity index is 2.31. The van der Waals surface area contributed by atoms with Crippen molar-refractivity contribution in [3.05, 3.63) is 0 Å². The van der Waals surface area contributed by atoms with Crippen LogP contribution in [0.3, 0.4) is 0 Å². The highest BCUT2D eigenvalue weighted by Gasteiger charge is 2.32. The zero-order valence-corrected chi connectivity index (χ0v) is 9.73. The summed E-state index contributed by atoms with van der Waals surface area (Å²) < 4.78 is 5.92. The summed E-state index contributed by atoms with van der Waals surface area (Å²) in [6.07, 6.45) is 5.17. The molecule has 1 rings (SSSR count). The van der Waals surface area contributed by atoms with E-state index in [2.05, 4.69) is 20.8 Å². The van der Waals surface area contributed by atoms with Gasteiger partial charge in [-0.25, -0.2) is 0 Å². The van der Waals surface area contributed by atoms with Crippen LogP contribution in [0, 0.1) is 5.92 Å². The van der Waals surface area contributed by atoms with Gasteiger partial charge in [0.2, 0.25) is 0 Å². The third-order valence-corrected chi connectivity index (χ3v) is 3.38. The summed E-state index contributed by atoms with van der Waals surface area (Å²) in [5.41, 5.74) is 0.106. The zero-order valence-electron chi connectivity index (χ0n) is 8.98. The van der Waals surface area contributed by atoms with Crippen molar-refractivity contribution < 1.29 is 4.74 Å². The van der Waals surface area contributed by atoms with E-state index in [4.69, 9.17) is 16.3 Å². The van der Waals surface area contributed by atoms with E-state index in [0.29, 0.717) is 12.0 Å². The minimum absolute atomic E-state index is 0.106. The molecule has 78 valence electrons. The predicted molar refractivity (Wildman–Crippen MR) is 57.3 cm³/mol. The normalized spacial score (nSPS) is 29.1. The Morgan fingerprint density at radius 2 is 2.23 bits per heavy atom. The number of halogens is 1. The lowest BCUT2D eigenvalue weighted by atomic mass is 9.98. The number of hydrogen-bond acceptors (Lipinski definition) is 1. The van der Waals surface area contributed by atoms with Crippen LogP contribution >= 0.6 is 11.6 Å². The van der Waals surface area contributed by atoms with Crippen LogP contribution in [0.5, 0.6) is 0 Å². The van der Waals surface area contributed by atoms with E-state index in [-0.39, 0.29) is 5.60 Å². The van der Waals surface area contributed by atoms with Crippen LogP contribution in [0.1, 0.15) is 46.5 Å². The molecule has 2 heteroatoms. The van der Waals surface area contributed by atoms with E-state index < -0.39 is 0 Å². The Morgan fingerprint density at radius 1 is 1.54 bits per heavy atom. The van der Waals surface area contributed by atoms with Crippen molar-refractivity contribution in [3.8, 4) is 0 Å². The van der Waals surface area contributed by atoms with E-state index in [9.17, 15) is 0 Å². The average molecular weight is 205 g/mol. The van der Waals surface area contributed by atoms with E-state index in [1.165, 1.54) is 19.3 Å². The number of rotatable bonds is 4. The molecule has 1 saturated heterocycles. The van der Waals surface area contributed by atoms with Crippen LogP contribution < -0.4 is 0 Å². The topological polar surface area (TPSA) is 9.23 Å². The summed E-state index contributed by atoms with van der Waals surface area (Å²) in [7, 11) is 0. The van der Waals surface area contributed by atoms with Crippen LogP contribution in [0.4, 0.5) is 0 Å². The highest BCUT2D eigenvalue weighted by molar-refractivity contribution is 6.18. The molecule has 1 nitrogen and oxygen atoms in total. The first-order valence-corrected chi connectivity index (χ1v) is 5.84. The van der Waals surface area contributed by atoms with Crippen molar-refractivity contribution in [1.82, 2.24) is 0 Å². The summed E-state index contributed by atoms with van der Waals surface area (Å²) in [4.78, 5) is 0. The maximum Gasteiger partial charge on any atom is 0.0631 e. The maximum atomic E-state index is 5.92. The minimum atomic E-state index is 0.106. The van der Waals surface area contributed by atoms with Gasteiger partial charge in [0, 0.05) is 5.88 Å². The Hall–Kier alpha value is 0.250. The lowest BCUT2D eigenvalue weighted by Crippen LogP contribution is -2.21. The lowest BCUT2D eigenvalue weighted by molar-refractivity contribution is -0.0236. The molecule has 2 unspecified atom stereocenters. The third kappa shape index (κ3) is 3.47. The Kier molecular flexibility index (Phi) is 4.06. The van der Waals surface area contributed by atoms with Crippen molar-refractivity contribution in [3.63, 3.8) is 0 Å². The molecule has 0 aliphatic carbocycles. The predicted octanol–water partition coefficient (Wildman–Crippen LogP) is 3.60. The van der Waals surface area contributed by atoms with Gasteiger partial charge in [-0.05, 0) is 39.0 Å². The summed E-state index contributed by atoms with van der Waals surface area (Å²) in [6.45, 7) is 6.55. The first kappa shape index (κ1) is 11.3. The molecule has 2 atom stereocenters. The van der Waals surface area contributed by atoms with Gasteiger partial charge in [-0.15, -0.1) is 11.6 Å². The number of hydrogen-bond donors (Lipinski definition) is 0. The monoisotopic (exact) mass is 204 g/mol.